The van der Waals surface area contributed by atoms with Crippen LogP contribution in [0.5, 0.6) is 5.75 Å². The highest BCUT2D eigenvalue weighted by Crippen LogP contribution is 2.32. The molecule has 0 fully saturated rings. The van der Waals surface area contributed by atoms with Crippen molar-refractivity contribution < 1.29 is 13.5 Å². The van der Waals surface area contributed by atoms with E-state index in [1.165, 1.54) is 24.3 Å². The molecular weight excluding hydrogens is 323 g/mol. The normalized spacial score (nSPS) is 11.3. The Balaban J connectivity index is 2.43. The van der Waals surface area contributed by atoms with Gasteiger partial charge in [-0.05, 0) is 30.3 Å². The fraction of sp³-hybridized carbons (Fsp3) is 0. The summed E-state index contributed by atoms with van der Waals surface area (Å²) in [5.74, 6) is -0.195. The van der Waals surface area contributed by atoms with Gasteiger partial charge in [0.15, 0.2) is 0 Å². The topological polar surface area (TPSA) is 92.4 Å². The third-order valence-corrected chi connectivity index (χ3v) is 4.49. The highest BCUT2D eigenvalue weighted by molar-refractivity contribution is 7.92. The van der Waals surface area contributed by atoms with Crippen molar-refractivity contribution in [3.63, 3.8) is 0 Å². The lowest BCUT2D eigenvalue weighted by Gasteiger charge is -2.11. The molecule has 5 nitrogen and oxygen atoms in total. The van der Waals surface area contributed by atoms with Crippen LogP contribution in [0.2, 0.25) is 10.0 Å². The zero-order valence-corrected chi connectivity index (χ0v) is 12.3. The van der Waals surface area contributed by atoms with Crippen LogP contribution in [0.1, 0.15) is 0 Å². The van der Waals surface area contributed by atoms with E-state index in [1.54, 1.807) is 6.07 Å². The summed E-state index contributed by atoms with van der Waals surface area (Å²) in [5.41, 5.74) is 5.52. The molecule has 8 heteroatoms. The van der Waals surface area contributed by atoms with Gasteiger partial charge in [0.2, 0.25) is 0 Å². The predicted octanol–water partition coefficient (Wildman–Crippen LogP) is 3.08. The van der Waals surface area contributed by atoms with Gasteiger partial charge in [-0.3, -0.25) is 4.72 Å². The van der Waals surface area contributed by atoms with Crippen molar-refractivity contribution in [1.29, 1.82) is 0 Å². The maximum Gasteiger partial charge on any atom is 0.262 e. The monoisotopic (exact) mass is 332 g/mol. The molecule has 0 aromatic heterocycles. The van der Waals surface area contributed by atoms with Gasteiger partial charge >= 0.3 is 0 Å². The third kappa shape index (κ3) is 2.92. The quantitative estimate of drug-likeness (QED) is 0.594. The molecule has 0 atom stereocenters. The summed E-state index contributed by atoms with van der Waals surface area (Å²) in [6.07, 6.45) is 0. The largest absolute Gasteiger partial charge is 0.506 e. The Kier molecular flexibility index (Phi) is 3.99. The van der Waals surface area contributed by atoms with Crippen molar-refractivity contribution >= 4 is 44.6 Å². The number of phenolic OH excluding ortho intramolecular Hbond substituents is 1. The number of nitrogens with two attached hydrogens (primary N) is 1. The fourth-order valence-electron chi connectivity index (χ4n) is 1.49. The Morgan fingerprint density at radius 2 is 1.70 bits per heavy atom. The molecule has 0 saturated carbocycles. The lowest BCUT2D eigenvalue weighted by atomic mass is 10.3. The first-order chi connectivity index (χ1) is 9.31. The number of rotatable bonds is 3. The van der Waals surface area contributed by atoms with Crippen molar-refractivity contribution in [3.05, 3.63) is 46.4 Å². The first-order valence-corrected chi connectivity index (χ1v) is 7.60. The summed E-state index contributed by atoms with van der Waals surface area (Å²) in [4.78, 5) is -0.108. The van der Waals surface area contributed by atoms with Gasteiger partial charge in [-0.1, -0.05) is 29.3 Å². The summed E-state index contributed by atoms with van der Waals surface area (Å²) < 4.78 is 26.7. The molecule has 2 aromatic carbocycles. The number of hydrogen-bond acceptors (Lipinski definition) is 4. The van der Waals surface area contributed by atoms with Crippen LogP contribution in [0.4, 0.5) is 11.4 Å². The summed E-state index contributed by atoms with van der Waals surface area (Å²) in [5, 5.41) is 9.65. The van der Waals surface area contributed by atoms with Crippen LogP contribution in [0.15, 0.2) is 41.3 Å². The smallest absolute Gasteiger partial charge is 0.262 e. The molecule has 0 amide bonds. The van der Waals surface area contributed by atoms with Crippen LogP contribution in [-0.4, -0.2) is 13.5 Å². The Morgan fingerprint density at radius 3 is 2.25 bits per heavy atom. The van der Waals surface area contributed by atoms with Crippen molar-refractivity contribution in [1.82, 2.24) is 0 Å². The molecule has 20 heavy (non-hydrogen) atoms. The molecule has 0 radical (unpaired) electrons. The predicted molar refractivity (Wildman–Crippen MR) is 79.8 cm³/mol. The van der Waals surface area contributed by atoms with E-state index >= 15 is 0 Å². The van der Waals surface area contributed by atoms with Crippen LogP contribution < -0.4 is 10.5 Å². The number of para-hydroxylation sites is 1. The molecular formula is C12H10Cl2N2O3S. The molecule has 4 N–H and O–H groups in total. The molecule has 0 spiro atoms. The van der Waals surface area contributed by atoms with Crippen LogP contribution in [0.3, 0.4) is 0 Å². The first-order valence-electron chi connectivity index (χ1n) is 5.36. The van der Waals surface area contributed by atoms with Gasteiger partial charge in [-0.2, -0.15) is 0 Å². The van der Waals surface area contributed by atoms with E-state index in [0.717, 1.165) is 6.07 Å². The maximum absolute atomic E-state index is 12.2. The van der Waals surface area contributed by atoms with Crippen molar-refractivity contribution in [2.24, 2.45) is 0 Å². The Bertz CT molecular complexity index is 743. The van der Waals surface area contributed by atoms with Gasteiger partial charge in [-0.15, -0.1) is 0 Å². The van der Waals surface area contributed by atoms with Crippen molar-refractivity contribution in [2.45, 2.75) is 4.90 Å². The number of anilines is 2. The maximum atomic E-state index is 12.2. The van der Waals surface area contributed by atoms with E-state index in [2.05, 4.69) is 4.72 Å². The van der Waals surface area contributed by atoms with Crippen molar-refractivity contribution in [3.8, 4) is 5.75 Å². The van der Waals surface area contributed by atoms with Crippen LogP contribution >= 0.6 is 23.2 Å². The zero-order valence-electron chi connectivity index (χ0n) is 9.97. The van der Waals surface area contributed by atoms with Gasteiger partial charge in [-0.25, -0.2) is 8.42 Å². The standard InChI is InChI=1S/C12H10Cl2N2O3S/c13-8-2-1-3-9(14)12(8)16-20(18,19)7-4-5-11(17)10(15)6-7/h1-6,16-17H,15H2. The lowest BCUT2D eigenvalue weighted by Crippen LogP contribution is -2.13. The summed E-state index contributed by atoms with van der Waals surface area (Å²) in [6, 6.07) is 8.17. The number of aromatic hydroxyl groups is 1. The number of halogens is 2. The fourth-order valence-corrected chi connectivity index (χ4v) is 3.23. The Labute approximate surface area is 126 Å². The SMILES string of the molecule is Nc1cc(S(=O)(=O)Nc2c(Cl)cccc2Cl)ccc1O. The Hall–Kier alpha value is -1.63. The van der Waals surface area contributed by atoms with E-state index in [0.29, 0.717) is 0 Å². The van der Waals surface area contributed by atoms with Crippen LogP contribution in [0.25, 0.3) is 0 Å². The van der Waals surface area contributed by atoms with Crippen LogP contribution in [0, 0.1) is 0 Å². The Morgan fingerprint density at radius 1 is 1.10 bits per heavy atom. The molecule has 0 aliphatic carbocycles. The van der Waals surface area contributed by atoms with E-state index in [9.17, 15) is 13.5 Å². The number of nitrogen functional groups attached to an aromatic ring is 1. The minimum absolute atomic E-state index is 0.0434. The number of phenols is 1. The van der Waals surface area contributed by atoms with Crippen LogP contribution in [-0.2, 0) is 10.0 Å². The number of benzene rings is 2. The molecule has 2 aromatic rings. The summed E-state index contributed by atoms with van der Waals surface area (Å²) in [7, 11) is -3.91. The van der Waals surface area contributed by atoms with Gasteiger partial charge in [0.05, 0.1) is 26.3 Å². The second-order valence-electron chi connectivity index (χ2n) is 3.92. The number of sulfonamides is 1. The molecule has 0 saturated heterocycles. The van der Waals surface area contributed by atoms with Gasteiger partial charge < -0.3 is 10.8 Å². The third-order valence-electron chi connectivity index (χ3n) is 2.51. The molecule has 0 unspecified atom stereocenters. The highest BCUT2D eigenvalue weighted by atomic mass is 35.5. The zero-order chi connectivity index (χ0) is 14.9. The highest BCUT2D eigenvalue weighted by Gasteiger charge is 2.18. The van der Waals surface area contributed by atoms with Gasteiger partial charge in [0.25, 0.3) is 10.0 Å². The second kappa shape index (κ2) is 5.40. The average Bonchev–Trinajstić information content (AvgIpc) is 2.37. The molecule has 0 heterocycles. The molecule has 106 valence electrons. The minimum Gasteiger partial charge on any atom is -0.506 e. The van der Waals surface area contributed by atoms with E-state index in [-0.39, 0.29) is 32.1 Å². The van der Waals surface area contributed by atoms with Gasteiger partial charge in [0.1, 0.15) is 5.75 Å². The number of hydrogen-bond donors (Lipinski definition) is 3. The molecule has 0 bridgehead atoms. The first kappa shape index (κ1) is 14.8. The molecule has 0 aliphatic rings. The van der Waals surface area contributed by atoms with E-state index in [1.807, 2.05) is 0 Å². The van der Waals surface area contributed by atoms with Crippen molar-refractivity contribution in [2.75, 3.05) is 10.5 Å². The van der Waals surface area contributed by atoms with E-state index in [4.69, 9.17) is 28.9 Å². The second-order valence-corrected chi connectivity index (χ2v) is 6.42. The average molecular weight is 333 g/mol. The summed E-state index contributed by atoms with van der Waals surface area (Å²) >= 11 is 11.8. The minimum atomic E-state index is -3.91. The summed E-state index contributed by atoms with van der Waals surface area (Å²) in [6.45, 7) is 0. The number of nitrogens with one attached hydrogen (secondary N) is 1. The molecule has 0 aliphatic heterocycles. The van der Waals surface area contributed by atoms with Gasteiger partial charge in [0, 0.05) is 0 Å². The lowest BCUT2D eigenvalue weighted by molar-refractivity contribution is 0.477. The van der Waals surface area contributed by atoms with E-state index < -0.39 is 10.0 Å². The molecule has 2 rings (SSSR count).